The lowest BCUT2D eigenvalue weighted by atomic mass is 10.0. The first kappa shape index (κ1) is 11.9. The molecule has 4 nitrogen and oxygen atoms in total. The van der Waals surface area contributed by atoms with E-state index in [0.29, 0.717) is 5.39 Å². The van der Waals surface area contributed by atoms with Gasteiger partial charge in [0.05, 0.1) is 0 Å². The van der Waals surface area contributed by atoms with Crippen LogP contribution in [0.15, 0.2) is 49.1 Å². The maximum absolute atomic E-state index is 11.3. The molecular formula is C14H10O4. The average Bonchev–Trinajstić information content (AvgIpc) is 2.37. The molecule has 0 atom stereocenters. The summed E-state index contributed by atoms with van der Waals surface area (Å²) in [5.41, 5.74) is -0.0247. The molecule has 0 aliphatic heterocycles. The maximum Gasteiger partial charge on any atom is 0.340 e. The minimum Gasteiger partial charge on any atom is -0.478 e. The highest BCUT2D eigenvalue weighted by atomic mass is 16.5. The van der Waals surface area contributed by atoms with E-state index in [9.17, 15) is 14.7 Å². The summed E-state index contributed by atoms with van der Waals surface area (Å²) in [5, 5.41) is 10.5. The first-order valence-corrected chi connectivity index (χ1v) is 5.23. The van der Waals surface area contributed by atoms with Crippen LogP contribution < -0.4 is 4.74 Å². The van der Waals surface area contributed by atoms with Crippen LogP contribution in [0.4, 0.5) is 0 Å². The second kappa shape index (κ2) is 4.71. The number of aromatic carboxylic acids is 1. The van der Waals surface area contributed by atoms with Gasteiger partial charge in [0.1, 0.15) is 11.3 Å². The average molecular weight is 242 g/mol. The molecule has 18 heavy (non-hydrogen) atoms. The summed E-state index contributed by atoms with van der Waals surface area (Å²) < 4.78 is 4.93. The van der Waals surface area contributed by atoms with E-state index in [2.05, 4.69) is 6.58 Å². The molecule has 0 amide bonds. The monoisotopic (exact) mass is 242 g/mol. The molecule has 0 aromatic heterocycles. The number of carboxylic acid groups (broad SMARTS) is 1. The maximum atomic E-state index is 11.3. The van der Waals surface area contributed by atoms with Crippen molar-refractivity contribution in [3.63, 3.8) is 0 Å². The van der Waals surface area contributed by atoms with Gasteiger partial charge in [-0.15, -0.1) is 0 Å². The lowest BCUT2D eigenvalue weighted by molar-refractivity contribution is -0.128. The molecule has 2 rings (SSSR count). The van der Waals surface area contributed by atoms with Crippen molar-refractivity contribution in [2.24, 2.45) is 0 Å². The van der Waals surface area contributed by atoms with Crippen molar-refractivity contribution in [1.29, 1.82) is 0 Å². The van der Waals surface area contributed by atoms with E-state index in [1.54, 1.807) is 24.3 Å². The fourth-order valence-corrected chi connectivity index (χ4v) is 1.71. The van der Waals surface area contributed by atoms with Gasteiger partial charge >= 0.3 is 11.9 Å². The summed E-state index contributed by atoms with van der Waals surface area (Å²) in [6, 6.07) is 10.2. The van der Waals surface area contributed by atoms with E-state index in [4.69, 9.17) is 4.74 Å². The normalized spacial score (nSPS) is 10.0. The molecule has 1 N–H and O–H groups in total. The fourth-order valence-electron chi connectivity index (χ4n) is 1.71. The van der Waals surface area contributed by atoms with Crippen LogP contribution in [0, 0.1) is 0 Å². The highest BCUT2D eigenvalue weighted by Crippen LogP contribution is 2.28. The van der Waals surface area contributed by atoms with Crippen LogP contribution in [0.25, 0.3) is 10.8 Å². The highest BCUT2D eigenvalue weighted by Gasteiger charge is 2.16. The topological polar surface area (TPSA) is 63.6 Å². The minimum absolute atomic E-state index is 0.0195. The van der Waals surface area contributed by atoms with Crippen LogP contribution in [0.2, 0.25) is 0 Å². The first-order valence-electron chi connectivity index (χ1n) is 5.23. The van der Waals surface area contributed by atoms with Gasteiger partial charge < -0.3 is 9.84 Å². The third kappa shape index (κ3) is 2.08. The van der Waals surface area contributed by atoms with Crippen molar-refractivity contribution >= 4 is 22.7 Å². The van der Waals surface area contributed by atoms with Gasteiger partial charge in [-0.1, -0.05) is 36.9 Å². The third-order valence-electron chi connectivity index (χ3n) is 2.48. The van der Waals surface area contributed by atoms with Crippen molar-refractivity contribution in [2.45, 2.75) is 0 Å². The number of hydrogen-bond donors (Lipinski definition) is 1. The molecule has 0 spiro atoms. The van der Waals surface area contributed by atoms with E-state index in [0.717, 1.165) is 11.5 Å². The summed E-state index contributed by atoms with van der Waals surface area (Å²) in [6.45, 7) is 3.27. The van der Waals surface area contributed by atoms with Gasteiger partial charge in [-0.3, -0.25) is 0 Å². The molecule has 4 heteroatoms. The fraction of sp³-hybridized carbons (Fsp3) is 0. The molecule has 0 saturated heterocycles. The Morgan fingerprint density at radius 3 is 2.56 bits per heavy atom. The number of benzene rings is 2. The van der Waals surface area contributed by atoms with E-state index >= 15 is 0 Å². The van der Waals surface area contributed by atoms with Gasteiger partial charge in [-0.25, -0.2) is 9.59 Å². The summed E-state index contributed by atoms with van der Waals surface area (Å²) in [6.07, 6.45) is 0.987. The van der Waals surface area contributed by atoms with Crippen LogP contribution in [0.5, 0.6) is 5.75 Å². The van der Waals surface area contributed by atoms with Gasteiger partial charge in [-0.05, 0) is 16.8 Å². The van der Waals surface area contributed by atoms with Crippen LogP contribution in [0.3, 0.4) is 0 Å². The van der Waals surface area contributed by atoms with E-state index in [1.807, 2.05) is 6.07 Å². The Kier molecular flexibility index (Phi) is 3.10. The van der Waals surface area contributed by atoms with Crippen molar-refractivity contribution in [1.82, 2.24) is 0 Å². The predicted octanol–water partition coefficient (Wildman–Crippen LogP) is 2.63. The Balaban J connectivity index is 2.66. The van der Waals surface area contributed by atoms with Gasteiger partial charge in [0.15, 0.2) is 0 Å². The molecule has 0 radical (unpaired) electrons. The number of esters is 1. The number of fused-ring (bicyclic) bond motifs is 1. The van der Waals surface area contributed by atoms with Crippen LogP contribution in [-0.2, 0) is 4.79 Å². The van der Waals surface area contributed by atoms with Crippen LogP contribution in [0.1, 0.15) is 10.4 Å². The molecule has 0 unspecified atom stereocenters. The number of hydrogen-bond acceptors (Lipinski definition) is 3. The van der Waals surface area contributed by atoms with Crippen molar-refractivity contribution < 1.29 is 19.4 Å². The standard InChI is InChI=1S/C14H10O4/c1-2-12(15)18-11-8-7-9-5-3-4-6-10(9)13(11)14(16)17/h2-8H,1H2,(H,16,17). The molecule has 0 aliphatic rings. The largest absolute Gasteiger partial charge is 0.478 e. The molecular weight excluding hydrogens is 232 g/mol. The molecule has 0 fully saturated rings. The quantitative estimate of drug-likeness (QED) is 0.510. The molecule has 2 aromatic carbocycles. The highest BCUT2D eigenvalue weighted by molar-refractivity contribution is 6.06. The van der Waals surface area contributed by atoms with Gasteiger partial charge in [0.2, 0.25) is 0 Å². The number of ether oxygens (including phenoxy) is 1. The van der Waals surface area contributed by atoms with Crippen molar-refractivity contribution in [3.8, 4) is 5.75 Å². The van der Waals surface area contributed by atoms with E-state index in [1.165, 1.54) is 6.07 Å². The second-order valence-electron chi connectivity index (χ2n) is 3.59. The second-order valence-corrected chi connectivity index (χ2v) is 3.59. The zero-order valence-corrected chi connectivity index (χ0v) is 9.42. The van der Waals surface area contributed by atoms with E-state index < -0.39 is 11.9 Å². The lowest BCUT2D eigenvalue weighted by Gasteiger charge is -2.08. The zero-order valence-electron chi connectivity index (χ0n) is 9.42. The Hall–Kier alpha value is -2.62. The molecule has 90 valence electrons. The number of carbonyl (C=O) groups excluding carboxylic acids is 1. The van der Waals surface area contributed by atoms with Gasteiger partial charge in [0, 0.05) is 6.08 Å². The van der Waals surface area contributed by atoms with Gasteiger partial charge in [-0.2, -0.15) is 0 Å². The Bertz CT molecular complexity index is 643. The summed E-state index contributed by atoms with van der Waals surface area (Å²) in [5.74, 6) is -1.81. The summed E-state index contributed by atoms with van der Waals surface area (Å²) >= 11 is 0. The SMILES string of the molecule is C=CC(=O)Oc1ccc2ccccc2c1C(=O)O. The van der Waals surface area contributed by atoms with E-state index in [-0.39, 0.29) is 11.3 Å². The Labute approximate surface area is 103 Å². The number of carbonyl (C=O) groups is 2. The molecule has 2 aromatic rings. The summed E-state index contributed by atoms with van der Waals surface area (Å²) in [7, 11) is 0. The third-order valence-corrected chi connectivity index (χ3v) is 2.48. The van der Waals surface area contributed by atoms with Crippen molar-refractivity contribution in [2.75, 3.05) is 0 Å². The number of carboxylic acids is 1. The molecule has 0 heterocycles. The number of rotatable bonds is 3. The van der Waals surface area contributed by atoms with Crippen LogP contribution >= 0.6 is 0 Å². The predicted molar refractivity (Wildman–Crippen MR) is 66.7 cm³/mol. The van der Waals surface area contributed by atoms with Crippen LogP contribution in [-0.4, -0.2) is 17.0 Å². The molecule has 0 bridgehead atoms. The van der Waals surface area contributed by atoms with Gasteiger partial charge in [0.25, 0.3) is 0 Å². The Morgan fingerprint density at radius 1 is 1.17 bits per heavy atom. The molecule has 0 saturated carbocycles. The van der Waals surface area contributed by atoms with Crippen molar-refractivity contribution in [3.05, 3.63) is 54.6 Å². The smallest absolute Gasteiger partial charge is 0.340 e. The zero-order chi connectivity index (χ0) is 13.1. The first-order chi connectivity index (χ1) is 8.63. The minimum atomic E-state index is -1.14. The Morgan fingerprint density at radius 2 is 1.89 bits per heavy atom. The summed E-state index contributed by atoms with van der Waals surface area (Å²) in [4.78, 5) is 22.4. The lowest BCUT2D eigenvalue weighted by Crippen LogP contribution is -2.08. The molecule has 0 aliphatic carbocycles.